The lowest BCUT2D eigenvalue weighted by atomic mass is 10.0. The molecular weight excluding hydrogens is 258 g/mol. The van der Waals surface area contributed by atoms with Gasteiger partial charge in [-0.2, -0.15) is 0 Å². The molecule has 1 aromatic rings. The van der Waals surface area contributed by atoms with Crippen molar-refractivity contribution in [2.45, 2.75) is 43.5 Å². The van der Waals surface area contributed by atoms with Crippen molar-refractivity contribution >= 4 is 23.4 Å². The third-order valence-corrected chi connectivity index (χ3v) is 4.89. The predicted octanol–water partition coefficient (Wildman–Crippen LogP) is 3.59. The molecule has 1 aliphatic heterocycles. The van der Waals surface area contributed by atoms with Gasteiger partial charge in [0.05, 0.1) is 5.69 Å². The van der Waals surface area contributed by atoms with Crippen molar-refractivity contribution < 1.29 is 9.90 Å². The molecule has 0 aromatic heterocycles. The number of thioether (sulfide) groups is 1. The molecule has 0 fully saturated rings. The SMILES string of the molecule is CC(C)c1ccc2c(c1)SCC(CCC(=O)O)N2C. The van der Waals surface area contributed by atoms with Gasteiger partial charge < -0.3 is 10.0 Å². The van der Waals surface area contributed by atoms with Crippen LogP contribution in [-0.4, -0.2) is 29.9 Å². The Balaban J connectivity index is 2.15. The van der Waals surface area contributed by atoms with E-state index < -0.39 is 5.97 Å². The number of fused-ring (bicyclic) bond motifs is 1. The Bertz CT molecular complexity index is 473. The van der Waals surface area contributed by atoms with Gasteiger partial charge in [-0.15, -0.1) is 11.8 Å². The second-order valence-corrected chi connectivity index (χ2v) is 6.45. The Labute approximate surface area is 119 Å². The minimum Gasteiger partial charge on any atom is -0.481 e. The molecule has 0 saturated heterocycles. The molecule has 1 atom stereocenters. The number of carbonyl (C=O) groups is 1. The molecule has 0 aliphatic carbocycles. The highest BCUT2D eigenvalue weighted by Gasteiger charge is 2.24. The molecule has 19 heavy (non-hydrogen) atoms. The summed E-state index contributed by atoms with van der Waals surface area (Å²) >= 11 is 1.85. The number of hydrogen-bond donors (Lipinski definition) is 1. The van der Waals surface area contributed by atoms with Gasteiger partial charge in [-0.25, -0.2) is 0 Å². The van der Waals surface area contributed by atoms with E-state index in [4.69, 9.17) is 5.11 Å². The van der Waals surface area contributed by atoms with Crippen LogP contribution in [0.4, 0.5) is 5.69 Å². The number of aliphatic carboxylic acids is 1. The van der Waals surface area contributed by atoms with Crippen molar-refractivity contribution in [1.29, 1.82) is 0 Å². The van der Waals surface area contributed by atoms with Crippen LogP contribution in [0.2, 0.25) is 0 Å². The fourth-order valence-corrected chi connectivity index (χ4v) is 3.70. The van der Waals surface area contributed by atoms with Crippen LogP contribution in [0.25, 0.3) is 0 Å². The Hall–Kier alpha value is -1.16. The predicted molar refractivity (Wildman–Crippen MR) is 80.3 cm³/mol. The summed E-state index contributed by atoms with van der Waals surface area (Å²) in [5.41, 5.74) is 2.60. The summed E-state index contributed by atoms with van der Waals surface area (Å²) < 4.78 is 0. The topological polar surface area (TPSA) is 40.5 Å². The lowest BCUT2D eigenvalue weighted by Gasteiger charge is -2.35. The molecule has 1 aromatic carbocycles. The lowest BCUT2D eigenvalue weighted by molar-refractivity contribution is -0.137. The Morgan fingerprint density at radius 1 is 1.53 bits per heavy atom. The summed E-state index contributed by atoms with van der Waals surface area (Å²) in [7, 11) is 2.07. The van der Waals surface area contributed by atoms with Crippen LogP contribution in [0.3, 0.4) is 0 Å². The van der Waals surface area contributed by atoms with Gasteiger partial charge in [-0.05, 0) is 30.0 Å². The zero-order chi connectivity index (χ0) is 14.0. The molecular formula is C15H21NO2S. The van der Waals surface area contributed by atoms with Gasteiger partial charge >= 0.3 is 5.97 Å². The van der Waals surface area contributed by atoms with E-state index in [-0.39, 0.29) is 6.42 Å². The second kappa shape index (κ2) is 5.87. The van der Waals surface area contributed by atoms with Crippen molar-refractivity contribution in [2.75, 3.05) is 17.7 Å². The minimum atomic E-state index is -0.709. The maximum absolute atomic E-state index is 10.7. The molecule has 1 unspecified atom stereocenters. The van der Waals surface area contributed by atoms with Crippen LogP contribution in [0, 0.1) is 0 Å². The molecule has 4 heteroatoms. The van der Waals surface area contributed by atoms with Gasteiger partial charge in [-0.1, -0.05) is 19.9 Å². The van der Waals surface area contributed by atoms with Crippen LogP contribution in [0.15, 0.2) is 23.1 Å². The molecule has 1 heterocycles. The first kappa shape index (κ1) is 14.3. The van der Waals surface area contributed by atoms with Crippen LogP contribution in [-0.2, 0) is 4.79 Å². The quantitative estimate of drug-likeness (QED) is 0.914. The average Bonchev–Trinajstić information content (AvgIpc) is 2.37. The number of anilines is 1. The minimum absolute atomic E-state index is 0.245. The molecule has 0 amide bonds. The van der Waals surface area contributed by atoms with Gasteiger partial charge in [0.1, 0.15) is 0 Å². The van der Waals surface area contributed by atoms with Crippen LogP contribution in [0.1, 0.15) is 38.2 Å². The molecule has 2 rings (SSSR count). The van der Waals surface area contributed by atoms with Gasteiger partial charge in [0.25, 0.3) is 0 Å². The van der Waals surface area contributed by atoms with Gasteiger partial charge in [0, 0.05) is 30.2 Å². The van der Waals surface area contributed by atoms with Crippen molar-refractivity contribution in [3.63, 3.8) is 0 Å². The van der Waals surface area contributed by atoms with Gasteiger partial charge in [0.15, 0.2) is 0 Å². The highest BCUT2D eigenvalue weighted by atomic mass is 32.2. The van der Waals surface area contributed by atoms with Crippen LogP contribution >= 0.6 is 11.8 Å². The highest BCUT2D eigenvalue weighted by Crippen LogP contribution is 2.39. The zero-order valence-corrected chi connectivity index (χ0v) is 12.5. The Morgan fingerprint density at radius 2 is 2.26 bits per heavy atom. The third kappa shape index (κ3) is 3.24. The summed E-state index contributed by atoms with van der Waals surface area (Å²) in [6.07, 6.45) is 0.958. The summed E-state index contributed by atoms with van der Waals surface area (Å²) in [4.78, 5) is 14.2. The number of carboxylic acid groups (broad SMARTS) is 1. The fourth-order valence-electron chi connectivity index (χ4n) is 2.36. The van der Waals surface area contributed by atoms with Crippen LogP contribution < -0.4 is 4.90 Å². The van der Waals surface area contributed by atoms with Gasteiger partial charge in [0.2, 0.25) is 0 Å². The third-order valence-electron chi connectivity index (χ3n) is 3.70. The highest BCUT2D eigenvalue weighted by molar-refractivity contribution is 7.99. The first-order chi connectivity index (χ1) is 8.99. The summed E-state index contributed by atoms with van der Waals surface area (Å²) in [6, 6.07) is 6.94. The van der Waals surface area contributed by atoms with E-state index in [1.54, 1.807) is 0 Å². The summed E-state index contributed by atoms with van der Waals surface area (Å²) in [5, 5.41) is 8.80. The standard InChI is InChI=1S/C15H21NO2S/c1-10(2)11-4-6-13-14(8-11)19-9-12(16(13)3)5-7-15(17)18/h4,6,8,10,12H,5,7,9H2,1-3H3,(H,17,18). The molecule has 0 saturated carbocycles. The molecule has 0 bridgehead atoms. The van der Waals surface area contributed by atoms with E-state index in [2.05, 4.69) is 44.0 Å². The molecule has 1 aliphatic rings. The maximum Gasteiger partial charge on any atom is 0.303 e. The summed E-state index contributed by atoms with van der Waals surface area (Å²) in [5.74, 6) is 0.804. The monoisotopic (exact) mass is 279 g/mol. The normalized spacial score (nSPS) is 18.5. The smallest absolute Gasteiger partial charge is 0.303 e. The first-order valence-electron chi connectivity index (χ1n) is 6.70. The van der Waals surface area contributed by atoms with E-state index in [0.717, 1.165) is 5.75 Å². The summed E-state index contributed by atoms with van der Waals surface area (Å²) in [6.45, 7) is 4.41. The Kier molecular flexibility index (Phi) is 4.40. The van der Waals surface area contributed by atoms with Gasteiger partial charge in [-0.3, -0.25) is 4.79 Å². The molecule has 0 spiro atoms. The number of benzene rings is 1. The van der Waals surface area contributed by atoms with E-state index >= 15 is 0 Å². The molecule has 3 nitrogen and oxygen atoms in total. The number of rotatable bonds is 4. The molecule has 104 valence electrons. The average molecular weight is 279 g/mol. The second-order valence-electron chi connectivity index (χ2n) is 5.39. The van der Waals surface area contributed by atoms with Crippen molar-refractivity contribution in [3.8, 4) is 0 Å². The molecule has 0 radical (unpaired) electrons. The maximum atomic E-state index is 10.7. The van der Waals surface area contributed by atoms with Crippen molar-refractivity contribution in [1.82, 2.24) is 0 Å². The van der Waals surface area contributed by atoms with E-state index in [0.29, 0.717) is 18.4 Å². The number of carboxylic acids is 1. The number of nitrogens with zero attached hydrogens (tertiary/aromatic N) is 1. The fraction of sp³-hybridized carbons (Fsp3) is 0.533. The number of hydrogen-bond acceptors (Lipinski definition) is 3. The van der Waals surface area contributed by atoms with Crippen molar-refractivity contribution in [2.24, 2.45) is 0 Å². The zero-order valence-electron chi connectivity index (χ0n) is 11.7. The molecule has 1 N–H and O–H groups in total. The van der Waals surface area contributed by atoms with Crippen molar-refractivity contribution in [3.05, 3.63) is 23.8 Å². The Morgan fingerprint density at radius 3 is 2.89 bits per heavy atom. The van der Waals surface area contributed by atoms with E-state index in [1.807, 2.05) is 11.8 Å². The van der Waals surface area contributed by atoms with Crippen LogP contribution in [0.5, 0.6) is 0 Å². The van der Waals surface area contributed by atoms with E-state index in [9.17, 15) is 4.79 Å². The largest absolute Gasteiger partial charge is 0.481 e. The van der Waals surface area contributed by atoms with E-state index in [1.165, 1.54) is 16.1 Å². The first-order valence-corrected chi connectivity index (χ1v) is 7.69. The lowest BCUT2D eigenvalue weighted by Crippen LogP contribution is -2.37.